The van der Waals surface area contributed by atoms with Gasteiger partial charge in [0.1, 0.15) is 5.75 Å². The lowest BCUT2D eigenvalue weighted by Gasteiger charge is -2.09. The van der Waals surface area contributed by atoms with Crippen molar-refractivity contribution >= 4 is 11.6 Å². The van der Waals surface area contributed by atoms with Gasteiger partial charge in [0.25, 0.3) is 0 Å². The summed E-state index contributed by atoms with van der Waals surface area (Å²) in [5, 5.41) is 19.4. The Hall–Kier alpha value is -2.41. The van der Waals surface area contributed by atoms with Crippen molar-refractivity contribution in [1.29, 1.82) is 0 Å². The van der Waals surface area contributed by atoms with Gasteiger partial charge in [-0.15, -0.1) is 5.10 Å². The lowest BCUT2D eigenvalue weighted by molar-refractivity contribution is -0.116. The quantitative estimate of drug-likeness (QED) is 0.789. The molecule has 1 aromatic carbocycles. The Bertz CT molecular complexity index is 597. The molecule has 1 heterocycles. The topological polar surface area (TPSA) is 89.3 Å². The van der Waals surface area contributed by atoms with Gasteiger partial charge in [-0.1, -0.05) is 17.3 Å². The highest BCUT2D eigenvalue weighted by atomic mass is 16.5. The normalized spacial score (nSPS) is 10.4. The highest BCUT2D eigenvalue weighted by molar-refractivity contribution is 5.92. The predicted octanol–water partition coefficient (Wildman–Crippen LogP) is 0.850. The highest BCUT2D eigenvalue weighted by Crippen LogP contribution is 2.23. The minimum Gasteiger partial charge on any atom is -0.495 e. The number of nitrogens with one attached hydrogen (secondary N) is 1. The van der Waals surface area contributed by atoms with Gasteiger partial charge in [0, 0.05) is 25.6 Å². The fourth-order valence-electron chi connectivity index (χ4n) is 1.85. The van der Waals surface area contributed by atoms with Crippen LogP contribution in [0.1, 0.15) is 12.1 Å². The number of carbonyl (C=O) groups is 1. The van der Waals surface area contributed by atoms with E-state index in [0.29, 0.717) is 30.1 Å². The van der Waals surface area contributed by atoms with Crippen LogP contribution in [0.3, 0.4) is 0 Å². The van der Waals surface area contributed by atoms with Crippen molar-refractivity contribution in [2.75, 3.05) is 19.0 Å². The first-order chi connectivity index (χ1) is 10.2. The highest BCUT2D eigenvalue weighted by Gasteiger charge is 2.08. The predicted molar refractivity (Wildman–Crippen MR) is 77.1 cm³/mol. The number of carbonyl (C=O) groups excluding carboxylic acids is 1. The van der Waals surface area contributed by atoms with Crippen molar-refractivity contribution in [3.05, 3.63) is 36.2 Å². The Morgan fingerprint density at radius 3 is 3.00 bits per heavy atom. The maximum absolute atomic E-state index is 11.9. The van der Waals surface area contributed by atoms with Gasteiger partial charge >= 0.3 is 0 Å². The number of benzene rings is 1. The zero-order chi connectivity index (χ0) is 15.1. The molecule has 7 heteroatoms. The van der Waals surface area contributed by atoms with Crippen LogP contribution in [0.15, 0.2) is 30.5 Å². The minimum atomic E-state index is -0.126. The zero-order valence-corrected chi connectivity index (χ0v) is 11.8. The summed E-state index contributed by atoms with van der Waals surface area (Å²) in [4.78, 5) is 11.9. The van der Waals surface area contributed by atoms with E-state index in [1.807, 2.05) is 12.1 Å². The number of hydrogen-bond donors (Lipinski definition) is 2. The van der Waals surface area contributed by atoms with Crippen LogP contribution < -0.4 is 10.1 Å². The van der Waals surface area contributed by atoms with Gasteiger partial charge in [-0.05, 0) is 12.1 Å². The third-order valence-corrected chi connectivity index (χ3v) is 2.90. The molecule has 0 fully saturated rings. The van der Waals surface area contributed by atoms with Crippen molar-refractivity contribution in [2.45, 2.75) is 19.4 Å². The number of methoxy groups -OCH3 is 1. The zero-order valence-electron chi connectivity index (χ0n) is 11.8. The summed E-state index contributed by atoms with van der Waals surface area (Å²) >= 11 is 0. The summed E-state index contributed by atoms with van der Waals surface area (Å²) in [5.41, 5.74) is 1.35. The Morgan fingerprint density at radius 2 is 2.24 bits per heavy atom. The number of anilines is 1. The molecule has 2 rings (SSSR count). The third kappa shape index (κ3) is 4.28. The fourth-order valence-corrected chi connectivity index (χ4v) is 1.85. The first-order valence-corrected chi connectivity index (χ1v) is 6.65. The summed E-state index contributed by atoms with van der Waals surface area (Å²) in [5.74, 6) is 0.496. The molecule has 0 aliphatic carbocycles. The van der Waals surface area contributed by atoms with Crippen LogP contribution in [0.5, 0.6) is 5.75 Å². The van der Waals surface area contributed by atoms with E-state index in [4.69, 9.17) is 9.84 Å². The molecule has 0 aliphatic rings. The largest absolute Gasteiger partial charge is 0.495 e. The maximum Gasteiger partial charge on any atom is 0.226 e. The standard InChI is InChI=1S/C14H18N4O3/c1-21-13-5-3-2-4-12(13)15-14(20)6-8-18-10-11(7-9-19)16-17-18/h2-5,10,19H,6-9H2,1H3,(H,15,20). The molecule has 0 bridgehead atoms. The fraction of sp³-hybridized carbons (Fsp3) is 0.357. The smallest absolute Gasteiger partial charge is 0.226 e. The molecular weight excluding hydrogens is 272 g/mol. The molecule has 0 saturated carbocycles. The Morgan fingerprint density at radius 1 is 1.43 bits per heavy atom. The summed E-state index contributed by atoms with van der Waals surface area (Å²) in [6.45, 7) is 0.465. The van der Waals surface area contributed by atoms with Crippen molar-refractivity contribution in [2.24, 2.45) is 0 Å². The number of aryl methyl sites for hydroxylation is 1. The van der Waals surface area contributed by atoms with Crippen molar-refractivity contribution < 1.29 is 14.6 Å². The molecule has 0 radical (unpaired) electrons. The second-order valence-electron chi connectivity index (χ2n) is 4.45. The number of amides is 1. The van der Waals surface area contributed by atoms with Crippen LogP contribution in [0.4, 0.5) is 5.69 Å². The van der Waals surface area contributed by atoms with Gasteiger partial charge in [0.05, 0.1) is 25.0 Å². The molecule has 2 aromatic rings. The monoisotopic (exact) mass is 290 g/mol. The van der Waals surface area contributed by atoms with E-state index in [1.165, 1.54) is 0 Å². The summed E-state index contributed by atoms with van der Waals surface area (Å²) in [6.07, 6.45) is 2.47. The van der Waals surface area contributed by atoms with Crippen molar-refractivity contribution in [3.63, 3.8) is 0 Å². The molecule has 1 aromatic heterocycles. The first kappa shape index (κ1) is 15.0. The molecule has 7 nitrogen and oxygen atoms in total. The summed E-state index contributed by atoms with van der Waals surface area (Å²) in [6, 6.07) is 7.24. The number of nitrogens with zero attached hydrogens (tertiary/aromatic N) is 3. The maximum atomic E-state index is 11.9. The molecule has 0 unspecified atom stereocenters. The van der Waals surface area contributed by atoms with E-state index in [1.54, 1.807) is 30.1 Å². The van der Waals surface area contributed by atoms with E-state index >= 15 is 0 Å². The van der Waals surface area contributed by atoms with Gasteiger partial charge in [-0.25, -0.2) is 0 Å². The Balaban J connectivity index is 1.86. The molecule has 112 valence electrons. The number of aliphatic hydroxyl groups excluding tert-OH is 1. The average Bonchev–Trinajstić information content (AvgIpc) is 2.94. The van der Waals surface area contributed by atoms with Gasteiger partial charge in [-0.3, -0.25) is 9.48 Å². The average molecular weight is 290 g/mol. The third-order valence-electron chi connectivity index (χ3n) is 2.90. The van der Waals surface area contributed by atoms with Gasteiger partial charge in [0.2, 0.25) is 5.91 Å². The van der Waals surface area contributed by atoms with Gasteiger partial charge < -0.3 is 15.2 Å². The number of para-hydroxylation sites is 2. The van der Waals surface area contributed by atoms with Gasteiger partial charge in [-0.2, -0.15) is 0 Å². The summed E-state index contributed by atoms with van der Waals surface area (Å²) in [7, 11) is 1.56. The van der Waals surface area contributed by atoms with Crippen LogP contribution in [0.2, 0.25) is 0 Å². The van der Waals surface area contributed by atoms with Gasteiger partial charge in [0.15, 0.2) is 0 Å². The SMILES string of the molecule is COc1ccccc1NC(=O)CCn1cc(CCO)nn1. The minimum absolute atomic E-state index is 0.0347. The van der Waals surface area contributed by atoms with Crippen molar-refractivity contribution in [3.8, 4) is 5.75 Å². The second-order valence-corrected chi connectivity index (χ2v) is 4.45. The molecule has 0 atom stereocenters. The van der Waals surface area contributed by atoms with Crippen LogP contribution >= 0.6 is 0 Å². The lowest BCUT2D eigenvalue weighted by atomic mass is 10.3. The van der Waals surface area contributed by atoms with Crippen LogP contribution in [0, 0.1) is 0 Å². The van der Waals surface area contributed by atoms with E-state index in [2.05, 4.69) is 15.6 Å². The van der Waals surface area contributed by atoms with E-state index in [-0.39, 0.29) is 18.9 Å². The molecule has 2 N–H and O–H groups in total. The molecule has 0 aliphatic heterocycles. The molecule has 1 amide bonds. The van der Waals surface area contributed by atoms with Crippen molar-refractivity contribution in [1.82, 2.24) is 15.0 Å². The van der Waals surface area contributed by atoms with Crippen LogP contribution in [-0.4, -0.2) is 39.7 Å². The van der Waals surface area contributed by atoms with Crippen LogP contribution in [0.25, 0.3) is 0 Å². The molecular formula is C14H18N4O3. The number of aliphatic hydroxyl groups is 1. The first-order valence-electron chi connectivity index (χ1n) is 6.65. The Labute approximate surface area is 122 Å². The number of aromatic nitrogens is 3. The molecule has 0 spiro atoms. The number of rotatable bonds is 7. The van der Waals surface area contributed by atoms with Crippen LogP contribution in [-0.2, 0) is 17.8 Å². The number of ether oxygens (including phenoxy) is 1. The van der Waals surface area contributed by atoms with E-state index in [9.17, 15) is 4.79 Å². The lowest BCUT2D eigenvalue weighted by Crippen LogP contribution is -2.15. The molecule has 21 heavy (non-hydrogen) atoms. The van der Waals surface area contributed by atoms with E-state index in [0.717, 1.165) is 0 Å². The second kappa shape index (κ2) is 7.39. The van der Waals surface area contributed by atoms with E-state index < -0.39 is 0 Å². The Kier molecular flexibility index (Phi) is 5.28. The number of hydrogen-bond acceptors (Lipinski definition) is 5. The summed E-state index contributed by atoms with van der Waals surface area (Å²) < 4.78 is 6.76. The molecule has 0 saturated heterocycles.